The maximum atomic E-state index is 12.4. The summed E-state index contributed by atoms with van der Waals surface area (Å²) >= 11 is 0. The van der Waals surface area contributed by atoms with Crippen molar-refractivity contribution in [1.29, 1.82) is 0 Å². The number of carbonyl (C=O) groups excluding carboxylic acids is 1. The van der Waals surface area contributed by atoms with Crippen molar-refractivity contribution < 1.29 is 9.21 Å². The second-order valence-corrected chi connectivity index (χ2v) is 8.43. The Balaban J connectivity index is 1.16. The van der Waals surface area contributed by atoms with E-state index in [4.69, 9.17) is 9.52 Å². The van der Waals surface area contributed by atoms with E-state index in [1.807, 2.05) is 4.90 Å². The Morgan fingerprint density at radius 1 is 1.11 bits per heavy atom. The summed E-state index contributed by atoms with van der Waals surface area (Å²) in [5, 5.41) is 4.88. The first-order valence-electron chi connectivity index (χ1n) is 10.6. The Kier molecular flexibility index (Phi) is 4.94. The summed E-state index contributed by atoms with van der Waals surface area (Å²) in [5.41, 5.74) is 2.52. The number of piperazine rings is 1. The van der Waals surface area contributed by atoms with Crippen molar-refractivity contribution in [3.8, 4) is 0 Å². The molecule has 2 aromatic rings. The van der Waals surface area contributed by atoms with E-state index in [9.17, 15) is 4.79 Å². The van der Waals surface area contributed by atoms with Gasteiger partial charge in [0.1, 0.15) is 0 Å². The van der Waals surface area contributed by atoms with E-state index in [0.717, 1.165) is 57.4 Å². The zero-order valence-corrected chi connectivity index (χ0v) is 16.4. The number of carbonyl (C=O) groups is 1. The number of aromatic nitrogens is 2. The van der Waals surface area contributed by atoms with Crippen LogP contribution in [0.15, 0.2) is 28.9 Å². The van der Waals surface area contributed by atoms with E-state index < -0.39 is 0 Å². The van der Waals surface area contributed by atoms with E-state index in [-0.39, 0.29) is 5.91 Å². The van der Waals surface area contributed by atoms with Crippen molar-refractivity contribution in [2.24, 2.45) is 5.92 Å². The van der Waals surface area contributed by atoms with Crippen LogP contribution in [0.2, 0.25) is 0 Å². The third kappa shape index (κ3) is 4.00. The molecule has 2 fully saturated rings. The molecule has 1 aliphatic carbocycles. The molecular weight excluding hydrogens is 354 g/mol. The fourth-order valence-corrected chi connectivity index (χ4v) is 4.38. The summed E-state index contributed by atoms with van der Waals surface area (Å²) < 4.78 is 7.46. The van der Waals surface area contributed by atoms with Gasteiger partial charge in [0.15, 0.2) is 5.76 Å². The molecule has 2 aliphatic heterocycles. The highest BCUT2D eigenvalue weighted by Gasteiger charge is 2.27. The van der Waals surface area contributed by atoms with Crippen LogP contribution in [0, 0.1) is 5.92 Å². The van der Waals surface area contributed by atoms with Crippen LogP contribution >= 0.6 is 0 Å². The molecule has 0 unspecified atom stereocenters. The van der Waals surface area contributed by atoms with E-state index in [0.29, 0.717) is 5.76 Å². The Morgan fingerprint density at radius 2 is 1.96 bits per heavy atom. The molecule has 0 aromatic carbocycles. The maximum Gasteiger partial charge on any atom is 0.289 e. The third-order valence-electron chi connectivity index (χ3n) is 6.13. The van der Waals surface area contributed by atoms with Crippen LogP contribution < -0.4 is 0 Å². The largest absolute Gasteiger partial charge is 0.459 e. The Hall–Kier alpha value is -2.12. The molecule has 0 N–H and O–H groups in total. The van der Waals surface area contributed by atoms with Crippen LogP contribution in [0.5, 0.6) is 0 Å². The van der Waals surface area contributed by atoms with Gasteiger partial charge in [-0.05, 0) is 43.4 Å². The first kappa shape index (κ1) is 17.9. The molecule has 5 rings (SSSR count). The minimum absolute atomic E-state index is 0.00545. The highest BCUT2D eigenvalue weighted by molar-refractivity contribution is 5.91. The summed E-state index contributed by atoms with van der Waals surface area (Å²) in [7, 11) is 0. The quantitative estimate of drug-likeness (QED) is 0.791. The third-order valence-corrected chi connectivity index (χ3v) is 6.13. The summed E-state index contributed by atoms with van der Waals surface area (Å²) in [6, 6.07) is 5.79. The van der Waals surface area contributed by atoms with Crippen LogP contribution in [0.25, 0.3) is 0 Å². The topological polar surface area (TPSA) is 57.8 Å². The van der Waals surface area contributed by atoms with Crippen molar-refractivity contribution in [3.63, 3.8) is 0 Å². The number of furan rings is 1. The van der Waals surface area contributed by atoms with Crippen molar-refractivity contribution in [1.82, 2.24) is 24.5 Å². The lowest BCUT2D eigenvalue weighted by Gasteiger charge is -2.33. The zero-order valence-electron chi connectivity index (χ0n) is 16.4. The SMILES string of the molecule is O=C(c1ccco1)N1CCN(Cc2cc3n(n2)CCCN(CC2CC2)C3)CC1. The van der Waals surface area contributed by atoms with Gasteiger partial charge in [0.2, 0.25) is 0 Å². The molecule has 3 aliphatic rings. The minimum atomic E-state index is -0.00545. The lowest BCUT2D eigenvalue weighted by atomic mass is 10.2. The summed E-state index contributed by atoms with van der Waals surface area (Å²) in [4.78, 5) is 19.3. The monoisotopic (exact) mass is 383 g/mol. The molecular formula is C21H29N5O2. The number of hydrogen-bond donors (Lipinski definition) is 0. The van der Waals surface area contributed by atoms with Crippen molar-refractivity contribution in [2.75, 3.05) is 39.3 Å². The summed E-state index contributed by atoms with van der Waals surface area (Å²) in [6.07, 6.45) is 5.57. The molecule has 7 nitrogen and oxygen atoms in total. The van der Waals surface area contributed by atoms with Crippen molar-refractivity contribution in [2.45, 2.75) is 38.9 Å². The Labute approximate surface area is 165 Å². The normalized spacial score (nSPS) is 21.5. The van der Waals surface area contributed by atoms with Gasteiger partial charge in [0, 0.05) is 58.9 Å². The van der Waals surface area contributed by atoms with Gasteiger partial charge >= 0.3 is 0 Å². The van der Waals surface area contributed by atoms with Gasteiger partial charge in [0.05, 0.1) is 17.7 Å². The first-order valence-corrected chi connectivity index (χ1v) is 10.6. The molecule has 1 saturated heterocycles. The lowest BCUT2D eigenvalue weighted by molar-refractivity contribution is 0.0596. The lowest BCUT2D eigenvalue weighted by Crippen LogP contribution is -2.48. The average Bonchev–Trinajstić information content (AvgIpc) is 3.25. The van der Waals surface area contributed by atoms with Gasteiger partial charge in [-0.15, -0.1) is 0 Å². The molecule has 28 heavy (non-hydrogen) atoms. The van der Waals surface area contributed by atoms with E-state index in [1.165, 1.54) is 38.0 Å². The number of rotatable bonds is 5. The first-order chi connectivity index (χ1) is 13.7. The maximum absolute atomic E-state index is 12.4. The standard InChI is InChI=1S/C21H29N5O2/c27-21(20-3-1-12-28-20)25-10-8-23(9-11-25)15-18-13-19-16-24(14-17-4-5-17)6-2-7-26(19)22-18/h1,3,12-13,17H,2,4-11,14-16H2. The van der Waals surface area contributed by atoms with Gasteiger partial charge in [-0.3, -0.25) is 19.3 Å². The zero-order chi connectivity index (χ0) is 18.9. The number of aryl methyl sites for hydroxylation is 1. The fourth-order valence-electron chi connectivity index (χ4n) is 4.38. The Morgan fingerprint density at radius 3 is 2.71 bits per heavy atom. The highest BCUT2D eigenvalue weighted by Crippen LogP contribution is 2.30. The van der Waals surface area contributed by atoms with Crippen LogP contribution in [0.4, 0.5) is 0 Å². The van der Waals surface area contributed by atoms with Gasteiger partial charge < -0.3 is 9.32 Å². The van der Waals surface area contributed by atoms with Gasteiger partial charge in [-0.2, -0.15) is 5.10 Å². The molecule has 4 heterocycles. The minimum Gasteiger partial charge on any atom is -0.459 e. The predicted octanol–water partition coefficient (Wildman–Crippen LogP) is 2.05. The number of hydrogen-bond acceptors (Lipinski definition) is 5. The molecule has 1 saturated carbocycles. The second kappa shape index (κ2) is 7.72. The van der Waals surface area contributed by atoms with Crippen LogP contribution in [0.3, 0.4) is 0 Å². The second-order valence-electron chi connectivity index (χ2n) is 8.43. The van der Waals surface area contributed by atoms with Crippen molar-refractivity contribution in [3.05, 3.63) is 41.6 Å². The molecule has 150 valence electrons. The highest BCUT2D eigenvalue weighted by atomic mass is 16.3. The van der Waals surface area contributed by atoms with E-state index in [2.05, 4.69) is 20.5 Å². The molecule has 7 heteroatoms. The van der Waals surface area contributed by atoms with Crippen molar-refractivity contribution >= 4 is 5.91 Å². The summed E-state index contributed by atoms with van der Waals surface area (Å²) in [6.45, 7) is 8.62. The van der Waals surface area contributed by atoms with Gasteiger partial charge in [0.25, 0.3) is 5.91 Å². The predicted molar refractivity (Wildman–Crippen MR) is 105 cm³/mol. The average molecular weight is 383 g/mol. The molecule has 0 bridgehead atoms. The van der Waals surface area contributed by atoms with E-state index in [1.54, 1.807) is 18.4 Å². The number of nitrogens with zero attached hydrogens (tertiary/aromatic N) is 5. The van der Waals surface area contributed by atoms with Gasteiger partial charge in [-0.1, -0.05) is 0 Å². The molecule has 1 amide bonds. The Bertz CT molecular complexity index is 803. The molecule has 0 radical (unpaired) electrons. The molecule has 0 spiro atoms. The number of amides is 1. The molecule has 2 aromatic heterocycles. The smallest absolute Gasteiger partial charge is 0.289 e. The summed E-state index contributed by atoms with van der Waals surface area (Å²) in [5.74, 6) is 1.37. The van der Waals surface area contributed by atoms with Crippen LogP contribution in [0.1, 0.15) is 41.2 Å². The van der Waals surface area contributed by atoms with Crippen LogP contribution in [-0.4, -0.2) is 69.7 Å². The fraction of sp³-hybridized carbons (Fsp3) is 0.619. The van der Waals surface area contributed by atoms with Crippen LogP contribution in [-0.2, 0) is 19.6 Å². The number of fused-ring (bicyclic) bond motifs is 1. The molecule has 0 atom stereocenters. The van der Waals surface area contributed by atoms with E-state index >= 15 is 0 Å². The van der Waals surface area contributed by atoms with Gasteiger partial charge in [-0.25, -0.2) is 0 Å².